The predicted molar refractivity (Wildman–Crippen MR) is 102 cm³/mol. The molecule has 0 aliphatic carbocycles. The van der Waals surface area contributed by atoms with Crippen molar-refractivity contribution in [3.63, 3.8) is 0 Å². The molecule has 1 amide bonds. The number of piperazine rings is 1. The molecule has 2 aromatic rings. The minimum Gasteiger partial charge on any atom is -0.454 e. The van der Waals surface area contributed by atoms with E-state index in [9.17, 15) is 4.79 Å². The van der Waals surface area contributed by atoms with Gasteiger partial charge in [-0.05, 0) is 29.7 Å². The van der Waals surface area contributed by atoms with E-state index in [1.807, 2.05) is 23.1 Å². The van der Waals surface area contributed by atoms with Gasteiger partial charge in [0.25, 0.3) is 5.91 Å². The van der Waals surface area contributed by atoms with Crippen LogP contribution in [0.25, 0.3) is 0 Å². The van der Waals surface area contributed by atoms with Crippen molar-refractivity contribution in [1.82, 2.24) is 10.2 Å². The summed E-state index contributed by atoms with van der Waals surface area (Å²) in [6.45, 7) is 4.53. The van der Waals surface area contributed by atoms with Crippen LogP contribution in [0.1, 0.15) is 34.5 Å². The Morgan fingerprint density at radius 2 is 2.00 bits per heavy atom. The fourth-order valence-electron chi connectivity index (χ4n) is 3.47. The number of aryl methyl sites for hydroxylation is 1. The van der Waals surface area contributed by atoms with Gasteiger partial charge in [0, 0.05) is 19.6 Å². The van der Waals surface area contributed by atoms with Crippen molar-refractivity contribution in [3.8, 4) is 11.5 Å². The fourth-order valence-corrected chi connectivity index (χ4v) is 3.47. The van der Waals surface area contributed by atoms with Crippen LogP contribution in [0.15, 0.2) is 42.5 Å². The largest absolute Gasteiger partial charge is 0.454 e. The van der Waals surface area contributed by atoms with E-state index in [-0.39, 0.29) is 31.1 Å². The highest BCUT2D eigenvalue weighted by atomic mass is 35.5. The molecule has 1 atom stereocenters. The third kappa shape index (κ3) is 3.37. The molecular formula is C20H23ClN2O3. The summed E-state index contributed by atoms with van der Waals surface area (Å²) in [6.07, 6.45) is 1.01. The van der Waals surface area contributed by atoms with Crippen molar-refractivity contribution < 1.29 is 14.3 Å². The third-order valence-corrected chi connectivity index (χ3v) is 4.90. The number of ether oxygens (including phenoxy) is 2. The zero-order valence-electron chi connectivity index (χ0n) is 14.7. The van der Waals surface area contributed by atoms with Gasteiger partial charge in [-0.15, -0.1) is 12.4 Å². The van der Waals surface area contributed by atoms with Crippen molar-refractivity contribution in [2.24, 2.45) is 0 Å². The molecule has 0 saturated carbocycles. The maximum absolute atomic E-state index is 13.2. The highest BCUT2D eigenvalue weighted by Crippen LogP contribution is 2.37. The first-order valence-electron chi connectivity index (χ1n) is 8.77. The molecule has 5 nitrogen and oxygen atoms in total. The summed E-state index contributed by atoms with van der Waals surface area (Å²) in [5.74, 6) is 1.20. The van der Waals surface area contributed by atoms with Gasteiger partial charge in [-0.2, -0.15) is 0 Å². The topological polar surface area (TPSA) is 50.8 Å². The van der Waals surface area contributed by atoms with E-state index in [2.05, 4.69) is 36.5 Å². The van der Waals surface area contributed by atoms with E-state index in [1.54, 1.807) is 0 Å². The summed E-state index contributed by atoms with van der Waals surface area (Å²) >= 11 is 0. The van der Waals surface area contributed by atoms with Crippen LogP contribution in [-0.2, 0) is 6.42 Å². The van der Waals surface area contributed by atoms with Gasteiger partial charge in [-0.25, -0.2) is 0 Å². The molecule has 0 radical (unpaired) electrons. The molecule has 4 rings (SSSR count). The molecule has 1 unspecified atom stereocenters. The fraction of sp³-hybridized carbons (Fsp3) is 0.350. The van der Waals surface area contributed by atoms with Gasteiger partial charge in [0.15, 0.2) is 11.5 Å². The normalized spacial score (nSPS) is 18.3. The average Bonchev–Trinajstić information content (AvgIpc) is 3.16. The Balaban J connectivity index is 0.00000196. The van der Waals surface area contributed by atoms with E-state index in [0.29, 0.717) is 23.6 Å². The lowest BCUT2D eigenvalue weighted by molar-refractivity contribution is 0.0630. The van der Waals surface area contributed by atoms with Gasteiger partial charge in [0.2, 0.25) is 6.79 Å². The highest BCUT2D eigenvalue weighted by Gasteiger charge is 2.32. The summed E-state index contributed by atoms with van der Waals surface area (Å²) in [7, 11) is 0. The van der Waals surface area contributed by atoms with Crippen LogP contribution in [0.2, 0.25) is 0 Å². The van der Waals surface area contributed by atoms with Crippen LogP contribution >= 0.6 is 12.4 Å². The van der Waals surface area contributed by atoms with Gasteiger partial charge < -0.3 is 19.7 Å². The highest BCUT2D eigenvalue weighted by molar-refractivity contribution is 5.98. The third-order valence-electron chi connectivity index (χ3n) is 4.90. The van der Waals surface area contributed by atoms with Gasteiger partial charge in [0.1, 0.15) is 0 Å². The Kier molecular flexibility index (Phi) is 5.69. The predicted octanol–water partition coefficient (Wildman–Crippen LogP) is 3.19. The molecule has 0 aromatic heterocycles. The van der Waals surface area contributed by atoms with Crippen LogP contribution in [0.5, 0.6) is 11.5 Å². The van der Waals surface area contributed by atoms with Crippen molar-refractivity contribution in [2.45, 2.75) is 19.4 Å². The Hall–Kier alpha value is -2.24. The first-order valence-corrected chi connectivity index (χ1v) is 8.77. The number of fused-ring (bicyclic) bond motifs is 1. The molecule has 2 heterocycles. The monoisotopic (exact) mass is 374 g/mol. The molecule has 0 bridgehead atoms. The van der Waals surface area contributed by atoms with Gasteiger partial charge >= 0.3 is 0 Å². The number of carbonyl (C=O) groups excluding carboxylic acids is 1. The molecule has 2 aromatic carbocycles. The number of hydrogen-bond acceptors (Lipinski definition) is 4. The maximum Gasteiger partial charge on any atom is 0.258 e. The Labute approximate surface area is 159 Å². The number of rotatable bonds is 3. The SMILES string of the molecule is CCc1ccc(C2CNCCN2C(=O)c2cccc3c2OCO3)cc1.Cl. The quantitative estimate of drug-likeness (QED) is 0.896. The summed E-state index contributed by atoms with van der Waals surface area (Å²) in [5, 5.41) is 3.40. The lowest BCUT2D eigenvalue weighted by Gasteiger charge is -2.36. The lowest BCUT2D eigenvalue weighted by atomic mass is 9.99. The number of carbonyl (C=O) groups is 1. The van der Waals surface area contributed by atoms with Gasteiger partial charge in [-0.1, -0.05) is 37.3 Å². The number of nitrogens with one attached hydrogen (secondary N) is 1. The molecule has 2 aliphatic heterocycles. The number of nitrogens with zero attached hydrogens (tertiary/aromatic N) is 1. The van der Waals surface area contributed by atoms with Crippen LogP contribution in [-0.4, -0.2) is 37.2 Å². The molecule has 1 N–H and O–H groups in total. The van der Waals surface area contributed by atoms with E-state index >= 15 is 0 Å². The van der Waals surface area contributed by atoms with Crippen molar-refractivity contribution in [2.75, 3.05) is 26.4 Å². The molecule has 0 spiro atoms. The first kappa shape index (κ1) is 18.5. The number of amides is 1. The minimum atomic E-state index is -0.00609. The summed E-state index contributed by atoms with van der Waals surface area (Å²) in [6, 6.07) is 14.1. The first-order chi connectivity index (χ1) is 12.3. The molecule has 2 aliphatic rings. The standard InChI is InChI=1S/C20H22N2O3.ClH/c1-2-14-6-8-15(9-7-14)17-12-21-10-11-22(17)20(23)16-4-3-5-18-19(16)25-13-24-18;/h3-9,17,21H,2,10-13H2,1H3;1H. The van der Waals surface area contributed by atoms with Crippen molar-refractivity contribution in [1.29, 1.82) is 0 Å². The number of hydrogen-bond donors (Lipinski definition) is 1. The second kappa shape index (κ2) is 7.98. The molecule has 6 heteroatoms. The summed E-state index contributed by atoms with van der Waals surface area (Å²) in [5.41, 5.74) is 3.03. The van der Waals surface area contributed by atoms with Crippen LogP contribution < -0.4 is 14.8 Å². The molecule has 138 valence electrons. The zero-order chi connectivity index (χ0) is 17.2. The van der Waals surface area contributed by atoms with Gasteiger partial charge in [0.05, 0.1) is 11.6 Å². The Bertz CT molecular complexity index is 779. The van der Waals surface area contributed by atoms with E-state index in [4.69, 9.17) is 9.47 Å². The minimum absolute atomic E-state index is 0. The average molecular weight is 375 g/mol. The Morgan fingerprint density at radius 1 is 1.19 bits per heavy atom. The Morgan fingerprint density at radius 3 is 2.77 bits per heavy atom. The number of halogens is 1. The second-order valence-corrected chi connectivity index (χ2v) is 6.35. The maximum atomic E-state index is 13.2. The molecule has 1 saturated heterocycles. The molecular weight excluding hydrogens is 352 g/mol. The lowest BCUT2D eigenvalue weighted by Crippen LogP contribution is -2.48. The summed E-state index contributed by atoms with van der Waals surface area (Å²) < 4.78 is 10.9. The van der Waals surface area contributed by atoms with Crippen LogP contribution in [0.3, 0.4) is 0 Å². The second-order valence-electron chi connectivity index (χ2n) is 6.35. The molecule has 26 heavy (non-hydrogen) atoms. The molecule has 1 fully saturated rings. The summed E-state index contributed by atoms with van der Waals surface area (Å²) in [4.78, 5) is 15.2. The van der Waals surface area contributed by atoms with E-state index in [1.165, 1.54) is 5.56 Å². The van der Waals surface area contributed by atoms with Crippen LogP contribution in [0.4, 0.5) is 0 Å². The van der Waals surface area contributed by atoms with Crippen LogP contribution in [0, 0.1) is 0 Å². The van der Waals surface area contributed by atoms with Gasteiger partial charge in [-0.3, -0.25) is 4.79 Å². The smallest absolute Gasteiger partial charge is 0.258 e. The number of benzene rings is 2. The van der Waals surface area contributed by atoms with E-state index < -0.39 is 0 Å². The number of para-hydroxylation sites is 1. The van der Waals surface area contributed by atoms with E-state index in [0.717, 1.165) is 25.1 Å². The zero-order valence-corrected chi connectivity index (χ0v) is 15.6. The van der Waals surface area contributed by atoms with Crippen molar-refractivity contribution >= 4 is 18.3 Å². The van der Waals surface area contributed by atoms with Crippen molar-refractivity contribution in [3.05, 3.63) is 59.2 Å².